The van der Waals surface area contributed by atoms with E-state index < -0.39 is 0 Å². The fraction of sp³-hybridized carbons (Fsp3) is 0.167. The molecule has 0 spiro atoms. The summed E-state index contributed by atoms with van der Waals surface area (Å²) in [5.74, 6) is 1.80. The number of aromatic nitrogens is 2. The molecule has 100 valence electrons. The summed E-state index contributed by atoms with van der Waals surface area (Å²) < 4.78 is 7.25. The van der Waals surface area contributed by atoms with E-state index in [1.165, 1.54) is 6.33 Å². The van der Waals surface area contributed by atoms with Crippen LogP contribution >= 0.6 is 31.9 Å². The highest BCUT2D eigenvalue weighted by molar-refractivity contribution is 9.11. The third-order valence-corrected chi connectivity index (χ3v) is 3.58. The zero-order valence-electron chi connectivity index (χ0n) is 10.4. The minimum absolute atomic E-state index is 0.569. The van der Waals surface area contributed by atoms with E-state index in [1.807, 2.05) is 18.2 Å². The van der Waals surface area contributed by atoms with Gasteiger partial charge in [-0.3, -0.25) is 0 Å². The molecule has 0 atom stereocenters. The SMILES string of the molecule is CNc1ncnc(Nc2ccc(Br)cc2Br)c1OC. The Morgan fingerprint density at radius 2 is 1.89 bits per heavy atom. The zero-order chi connectivity index (χ0) is 13.8. The Kier molecular flexibility index (Phi) is 4.60. The van der Waals surface area contributed by atoms with Crippen molar-refractivity contribution in [2.24, 2.45) is 0 Å². The van der Waals surface area contributed by atoms with Crippen LogP contribution in [0.1, 0.15) is 0 Å². The van der Waals surface area contributed by atoms with Gasteiger partial charge in [-0.1, -0.05) is 15.9 Å². The van der Waals surface area contributed by atoms with Crippen molar-refractivity contribution in [2.75, 3.05) is 24.8 Å². The third kappa shape index (κ3) is 3.16. The Hall–Kier alpha value is -1.34. The van der Waals surface area contributed by atoms with Gasteiger partial charge in [-0.25, -0.2) is 9.97 Å². The number of rotatable bonds is 4. The lowest BCUT2D eigenvalue weighted by Gasteiger charge is -2.13. The second-order valence-electron chi connectivity index (χ2n) is 3.60. The maximum Gasteiger partial charge on any atom is 0.204 e. The smallest absolute Gasteiger partial charge is 0.204 e. The Labute approximate surface area is 128 Å². The number of methoxy groups -OCH3 is 1. The molecule has 2 rings (SSSR count). The molecule has 0 amide bonds. The summed E-state index contributed by atoms with van der Waals surface area (Å²) in [7, 11) is 3.37. The zero-order valence-corrected chi connectivity index (χ0v) is 13.5. The van der Waals surface area contributed by atoms with Gasteiger partial charge in [0.05, 0.1) is 12.8 Å². The van der Waals surface area contributed by atoms with Gasteiger partial charge in [-0.15, -0.1) is 0 Å². The monoisotopic (exact) mass is 386 g/mol. The molecule has 0 fully saturated rings. The molecule has 0 aliphatic rings. The third-order valence-electron chi connectivity index (χ3n) is 2.43. The minimum atomic E-state index is 0.569. The molecule has 0 saturated heterocycles. The van der Waals surface area contributed by atoms with Gasteiger partial charge in [0, 0.05) is 16.0 Å². The molecule has 0 unspecified atom stereocenters. The first-order chi connectivity index (χ1) is 9.15. The molecule has 1 aromatic carbocycles. The summed E-state index contributed by atoms with van der Waals surface area (Å²) in [5.41, 5.74) is 0.891. The number of nitrogens with one attached hydrogen (secondary N) is 2. The van der Waals surface area contributed by atoms with E-state index in [2.05, 4.69) is 52.5 Å². The first-order valence-corrected chi connectivity index (χ1v) is 7.03. The fourth-order valence-electron chi connectivity index (χ4n) is 1.55. The Morgan fingerprint density at radius 3 is 2.53 bits per heavy atom. The average Bonchev–Trinajstić information content (AvgIpc) is 2.41. The number of anilines is 3. The molecule has 1 aromatic heterocycles. The standard InChI is InChI=1S/C12H12Br2N4O/c1-15-11-10(19-2)12(17-6-16-11)18-9-4-3-7(13)5-8(9)14/h3-6H,1-2H3,(H2,15,16,17,18). The Bertz CT molecular complexity index is 592. The second-order valence-corrected chi connectivity index (χ2v) is 5.37. The summed E-state index contributed by atoms with van der Waals surface area (Å²) in [5, 5.41) is 6.17. The van der Waals surface area contributed by atoms with Gasteiger partial charge in [-0.2, -0.15) is 0 Å². The quantitative estimate of drug-likeness (QED) is 0.835. The summed E-state index contributed by atoms with van der Waals surface area (Å²) in [6.07, 6.45) is 1.48. The van der Waals surface area contributed by atoms with Crippen LogP contribution in [-0.2, 0) is 0 Å². The topological polar surface area (TPSA) is 59.1 Å². The Morgan fingerprint density at radius 1 is 1.16 bits per heavy atom. The fourth-order valence-corrected chi connectivity index (χ4v) is 2.70. The molecule has 7 heteroatoms. The molecule has 0 saturated carbocycles. The number of halogens is 2. The van der Waals surface area contributed by atoms with Crippen LogP contribution in [-0.4, -0.2) is 24.1 Å². The average molecular weight is 388 g/mol. The van der Waals surface area contributed by atoms with Gasteiger partial charge in [0.1, 0.15) is 6.33 Å². The highest BCUT2D eigenvalue weighted by Crippen LogP contribution is 2.34. The van der Waals surface area contributed by atoms with Crippen molar-refractivity contribution in [2.45, 2.75) is 0 Å². The summed E-state index contributed by atoms with van der Waals surface area (Å²) >= 11 is 6.91. The molecule has 2 aromatic rings. The lowest BCUT2D eigenvalue weighted by atomic mass is 10.3. The van der Waals surface area contributed by atoms with E-state index in [1.54, 1.807) is 14.2 Å². The molecule has 0 aliphatic carbocycles. The number of hydrogen-bond donors (Lipinski definition) is 2. The van der Waals surface area contributed by atoms with Crippen LogP contribution in [0.15, 0.2) is 33.5 Å². The van der Waals surface area contributed by atoms with E-state index in [0.717, 1.165) is 14.6 Å². The van der Waals surface area contributed by atoms with Crippen LogP contribution in [0.4, 0.5) is 17.3 Å². The van der Waals surface area contributed by atoms with Gasteiger partial charge < -0.3 is 15.4 Å². The Balaban J connectivity index is 2.37. The van der Waals surface area contributed by atoms with E-state index in [9.17, 15) is 0 Å². The predicted octanol–water partition coefficient (Wildman–Crippen LogP) is 3.80. The predicted molar refractivity (Wildman–Crippen MR) is 83.3 cm³/mol. The van der Waals surface area contributed by atoms with Crippen molar-refractivity contribution in [3.8, 4) is 5.75 Å². The van der Waals surface area contributed by atoms with Crippen molar-refractivity contribution < 1.29 is 4.74 Å². The van der Waals surface area contributed by atoms with Crippen LogP contribution in [0.25, 0.3) is 0 Å². The lowest BCUT2D eigenvalue weighted by molar-refractivity contribution is 0.415. The molecule has 5 nitrogen and oxygen atoms in total. The van der Waals surface area contributed by atoms with Crippen molar-refractivity contribution in [1.29, 1.82) is 0 Å². The van der Waals surface area contributed by atoms with Crippen LogP contribution in [0.2, 0.25) is 0 Å². The molecular weight excluding hydrogens is 376 g/mol. The summed E-state index contributed by atoms with van der Waals surface area (Å²) in [6.45, 7) is 0. The molecule has 19 heavy (non-hydrogen) atoms. The number of ether oxygens (including phenoxy) is 1. The highest BCUT2D eigenvalue weighted by Gasteiger charge is 2.12. The van der Waals surface area contributed by atoms with Crippen molar-refractivity contribution in [1.82, 2.24) is 9.97 Å². The summed E-state index contributed by atoms with van der Waals surface area (Å²) in [6, 6.07) is 5.84. The van der Waals surface area contributed by atoms with Crippen molar-refractivity contribution in [3.05, 3.63) is 33.5 Å². The lowest BCUT2D eigenvalue weighted by Crippen LogP contribution is -2.03. The largest absolute Gasteiger partial charge is 0.490 e. The number of hydrogen-bond acceptors (Lipinski definition) is 5. The van der Waals surface area contributed by atoms with E-state index in [0.29, 0.717) is 17.4 Å². The number of benzene rings is 1. The van der Waals surface area contributed by atoms with Crippen LogP contribution in [0, 0.1) is 0 Å². The van der Waals surface area contributed by atoms with E-state index >= 15 is 0 Å². The molecule has 2 N–H and O–H groups in total. The van der Waals surface area contributed by atoms with Crippen LogP contribution < -0.4 is 15.4 Å². The summed E-state index contributed by atoms with van der Waals surface area (Å²) in [4.78, 5) is 8.30. The molecular formula is C12H12Br2N4O. The molecule has 1 heterocycles. The highest BCUT2D eigenvalue weighted by atomic mass is 79.9. The normalized spacial score (nSPS) is 10.1. The van der Waals surface area contributed by atoms with E-state index in [-0.39, 0.29) is 0 Å². The van der Waals surface area contributed by atoms with E-state index in [4.69, 9.17) is 4.74 Å². The van der Waals surface area contributed by atoms with Gasteiger partial charge in [0.2, 0.25) is 5.75 Å². The maximum atomic E-state index is 5.33. The first kappa shape index (κ1) is 14.1. The molecule has 0 radical (unpaired) electrons. The van der Waals surface area contributed by atoms with Crippen LogP contribution in [0.5, 0.6) is 5.75 Å². The maximum absolute atomic E-state index is 5.33. The van der Waals surface area contributed by atoms with Crippen molar-refractivity contribution in [3.63, 3.8) is 0 Å². The van der Waals surface area contributed by atoms with Gasteiger partial charge >= 0.3 is 0 Å². The van der Waals surface area contributed by atoms with Crippen molar-refractivity contribution >= 4 is 49.2 Å². The second kappa shape index (κ2) is 6.21. The van der Waals surface area contributed by atoms with Gasteiger partial charge in [0.15, 0.2) is 11.6 Å². The molecule has 0 bridgehead atoms. The van der Waals surface area contributed by atoms with Gasteiger partial charge in [-0.05, 0) is 34.1 Å². The number of nitrogens with zero attached hydrogens (tertiary/aromatic N) is 2. The van der Waals surface area contributed by atoms with Gasteiger partial charge in [0.25, 0.3) is 0 Å². The van der Waals surface area contributed by atoms with Crippen LogP contribution in [0.3, 0.4) is 0 Å². The molecule has 0 aliphatic heterocycles. The minimum Gasteiger partial charge on any atom is -0.490 e. The first-order valence-electron chi connectivity index (χ1n) is 5.44.